The Morgan fingerprint density at radius 2 is 1.95 bits per heavy atom. The van der Waals surface area contributed by atoms with Crippen LogP contribution in [0.2, 0.25) is 10.2 Å². The number of para-hydroxylation sites is 1. The number of aldehydes is 1. The van der Waals surface area contributed by atoms with Crippen molar-refractivity contribution in [1.82, 2.24) is 9.78 Å². The van der Waals surface area contributed by atoms with Crippen molar-refractivity contribution in [2.75, 3.05) is 0 Å². The molecular weight excluding hydrogens is 302 g/mol. The van der Waals surface area contributed by atoms with Crippen LogP contribution in [0.15, 0.2) is 18.2 Å². The van der Waals surface area contributed by atoms with E-state index in [9.17, 15) is 9.18 Å². The fourth-order valence-electron chi connectivity index (χ4n) is 1.91. The molecule has 20 heavy (non-hydrogen) atoms. The molecule has 1 aromatic carbocycles. The number of carbonyl (C=O) groups excluding carboxylic acids is 1. The summed E-state index contributed by atoms with van der Waals surface area (Å²) in [5, 5.41) is 4.50. The maximum atomic E-state index is 14.0. The van der Waals surface area contributed by atoms with Crippen LogP contribution in [0.4, 0.5) is 4.39 Å². The molecule has 0 saturated carbocycles. The van der Waals surface area contributed by atoms with Crippen molar-refractivity contribution in [2.24, 2.45) is 0 Å². The standard InChI is InChI=1S/C14H13Cl2FN2O/c1-14(2,3)12-8(7-20)13(16)19(18-12)11-9(15)5-4-6-10(11)17/h4-7H,1-3H3. The Labute approximate surface area is 126 Å². The van der Waals surface area contributed by atoms with Gasteiger partial charge in [-0.2, -0.15) is 5.10 Å². The SMILES string of the molecule is CC(C)(C)c1nn(-c2c(F)cccc2Cl)c(Cl)c1C=O. The Morgan fingerprint density at radius 1 is 1.30 bits per heavy atom. The average Bonchev–Trinajstić information content (AvgIpc) is 2.66. The Hall–Kier alpha value is -1.39. The van der Waals surface area contributed by atoms with Crippen molar-refractivity contribution in [3.63, 3.8) is 0 Å². The van der Waals surface area contributed by atoms with E-state index in [2.05, 4.69) is 5.10 Å². The average molecular weight is 315 g/mol. The lowest BCUT2D eigenvalue weighted by molar-refractivity contribution is 0.112. The lowest BCUT2D eigenvalue weighted by Gasteiger charge is -2.15. The summed E-state index contributed by atoms with van der Waals surface area (Å²) in [4.78, 5) is 11.2. The highest BCUT2D eigenvalue weighted by molar-refractivity contribution is 6.34. The summed E-state index contributed by atoms with van der Waals surface area (Å²) in [6.45, 7) is 5.68. The van der Waals surface area contributed by atoms with E-state index in [0.717, 1.165) is 0 Å². The van der Waals surface area contributed by atoms with Crippen LogP contribution in [0.1, 0.15) is 36.8 Å². The normalized spacial score (nSPS) is 11.7. The van der Waals surface area contributed by atoms with Crippen LogP contribution >= 0.6 is 23.2 Å². The second-order valence-electron chi connectivity index (χ2n) is 5.40. The smallest absolute Gasteiger partial charge is 0.155 e. The molecule has 0 amide bonds. The summed E-state index contributed by atoms with van der Waals surface area (Å²) in [5.74, 6) is -0.556. The van der Waals surface area contributed by atoms with Crippen LogP contribution < -0.4 is 0 Å². The van der Waals surface area contributed by atoms with Crippen LogP contribution in [0.25, 0.3) is 5.69 Å². The first-order valence-electron chi connectivity index (χ1n) is 5.96. The fourth-order valence-corrected chi connectivity index (χ4v) is 2.41. The van der Waals surface area contributed by atoms with E-state index < -0.39 is 11.2 Å². The number of carbonyl (C=O) groups is 1. The molecule has 106 valence electrons. The predicted octanol–water partition coefficient (Wildman–Crippen LogP) is 4.43. The second kappa shape index (κ2) is 5.19. The first-order chi connectivity index (χ1) is 9.27. The van der Waals surface area contributed by atoms with Crippen molar-refractivity contribution >= 4 is 29.5 Å². The lowest BCUT2D eigenvalue weighted by atomic mass is 9.90. The number of aromatic nitrogens is 2. The van der Waals surface area contributed by atoms with E-state index in [1.807, 2.05) is 20.8 Å². The van der Waals surface area contributed by atoms with E-state index in [-0.39, 0.29) is 21.4 Å². The molecule has 1 heterocycles. The Morgan fingerprint density at radius 3 is 2.40 bits per heavy atom. The van der Waals surface area contributed by atoms with Gasteiger partial charge in [0.25, 0.3) is 0 Å². The number of nitrogens with zero attached hydrogens (tertiary/aromatic N) is 2. The van der Waals surface area contributed by atoms with Crippen molar-refractivity contribution in [3.8, 4) is 5.69 Å². The summed E-state index contributed by atoms with van der Waals surface area (Å²) in [6.07, 6.45) is 0.626. The van der Waals surface area contributed by atoms with Crippen LogP contribution in [0.3, 0.4) is 0 Å². The summed E-state index contributed by atoms with van der Waals surface area (Å²) in [6, 6.07) is 4.29. The van der Waals surface area contributed by atoms with Gasteiger partial charge in [-0.1, -0.05) is 50.0 Å². The third kappa shape index (κ3) is 2.45. The number of halogens is 3. The molecule has 2 aromatic rings. The molecule has 0 bridgehead atoms. The summed E-state index contributed by atoms with van der Waals surface area (Å²) < 4.78 is 15.1. The maximum Gasteiger partial charge on any atom is 0.155 e. The van der Waals surface area contributed by atoms with Crippen LogP contribution in [0, 0.1) is 5.82 Å². The van der Waals surface area contributed by atoms with E-state index in [1.165, 1.54) is 22.9 Å². The molecule has 0 radical (unpaired) electrons. The molecule has 0 aliphatic carbocycles. The second-order valence-corrected chi connectivity index (χ2v) is 6.17. The molecule has 2 rings (SSSR count). The minimum absolute atomic E-state index is 0.0396. The fraction of sp³-hybridized carbons (Fsp3) is 0.286. The van der Waals surface area contributed by atoms with Crippen molar-refractivity contribution in [1.29, 1.82) is 0 Å². The van der Waals surface area contributed by atoms with Gasteiger partial charge in [0.1, 0.15) is 16.7 Å². The minimum atomic E-state index is -0.556. The van der Waals surface area contributed by atoms with Crippen molar-refractivity contribution in [3.05, 3.63) is 45.4 Å². The molecule has 0 spiro atoms. The molecule has 6 heteroatoms. The predicted molar refractivity (Wildman–Crippen MR) is 77.6 cm³/mol. The monoisotopic (exact) mass is 314 g/mol. The highest BCUT2D eigenvalue weighted by Crippen LogP contribution is 2.33. The van der Waals surface area contributed by atoms with Crippen LogP contribution in [-0.4, -0.2) is 16.1 Å². The zero-order chi connectivity index (χ0) is 15.1. The van der Waals surface area contributed by atoms with Crippen LogP contribution in [0.5, 0.6) is 0 Å². The molecule has 0 fully saturated rings. The summed E-state index contributed by atoms with van der Waals surface area (Å²) in [7, 11) is 0. The Bertz CT molecular complexity index is 654. The lowest BCUT2D eigenvalue weighted by Crippen LogP contribution is -2.15. The van der Waals surface area contributed by atoms with Crippen molar-refractivity contribution < 1.29 is 9.18 Å². The van der Waals surface area contributed by atoms with Gasteiger partial charge >= 0.3 is 0 Å². The van der Waals surface area contributed by atoms with E-state index >= 15 is 0 Å². The maximum absolute atomic E-state index is 14.0. The van der Waals surface area contributed by atoms with Gasteiger partial charge in [-0.3, -0.25) is 4.79 Å². The summed E-state index contributed by atoms with van der Waals surface area (Å²) in [5.41, 5.74) is 0.385. The van der Waals surface area contributed by atoms with Gasteiger partial charge in [-0.05, 0) is 12.1 Å². The van der Waals surface area contributed by atoms with Crippen LogP contribution in [-0.2, 0) is 5.41 Å². The zero-order valence-electron chi connectivity index (χ0n) is 11.2. The van der Waals surface area contributed by atoms with Gasteiger partial charge in [0.15, 0.2) is 6.29 Å². The number of hydrogen-bond donors (Lipinski definition) is 0. The third-order valence-electron chi connectivity index (χ3n) is 2.84. The largest absolute Gasteiger partial charge is 0.298 e. The minimum Gasteiger partial charge on any atom is -0.298 e. The number of benzene rings is 1. The molecule has 0 saturated heterocycles. The third-order valence-corrected chi connectivity index (χ3v) is 3.51. The van der Waals surface area contributed by atoms with Gasteiger partial charge in [0.2, 0.25) is 0 Å². The first kappa shape index (κ1) is 15.0. The van der Waals surface area contributed by atoms with Gasteiger partial charge in [-0.15, -0.1) is 0 Å². The zero-order valence-corrected chi connectivity index (χ0v) is 12.8. The molecule has 0 N–H and O–H groups in total. The van der Waals surface area contributed by atoms with E-state index in [0.29, 0.717) is 12.0 Å². The molecule has 0 aliphatic heterocycles. The van der Waals surface area contributed by atoms with Gasteiger partial charge in [0, 0.05) is 5.41 Å². The topological polar surface area (TPSA) is 34.9 Å². The van der Waals surface area contributed by atoms with E-state index in [4.69, 9.17) is 23.2 Å². The molecule has 0 atom stereocenters. The highest BCUT2D eigenvalue weighted by atomic mass is 35.5. The molecule has 3 nitrogen and oxygen atoms in total. The van der Waals surface area contributed by atoms with E-state index in [1.54, 1.807) is 0 Å². The number of rotatable bonds is 2. The van der Waals surface area contributed by atoms with Gasteiger partial charge in [-0.25, -0.2) is 9.07 Å². The first-order valence-corrected chi connectivity index (χ1v) is 6.71. The highest BCUT2D eigenvalue weighted by Gasteiger charge is 2.27. The summed E-state index contributed by atoms with van der Waals surface area (Å²) >= 11 is 12.2. The Kier molecular flexibility index (Phi) is 3.89. The van der Waals surface area contributed by atoms with Crippen molar-refractivity contribution in [2.45, 2.75) is 26.2 Å². The number of hydrogen-bond acceptors (Lipinski definition) is 2. The van der Waals surface area contributed by atoms with Gasteiger partial charge in [0.05, 0.1) is 16.3 Å². The van der Waals surface area contributed by atoms with Gasteiger partial charge < -0.3 is 0 Å². The Balaban J connectivity index is 2.77. The quantitative estimate of drug-likeness (QED) is 0.769. The molecular formula is C14H13Cl2FN2O. The molecule has 0 unspecified atom stereocenters. The molecule has 0 aliphatic rings. The molecule has 1 aromatic heterocycles.